The summed E-state index contributed by atoms with van der Waals surface area (Å²) in [7, 11) is 0. The number of fused-ring (bicyclic) bond motifs is 7. The molecule has 6 aliphatic heterocycles. The Bertz CT molecular complexity index is 5480. The normalized spacial score (nSPS) is 13.2. The lowest BCUT2D eigenvalue weighted by molar-refractivity contribution is -0.137. The van der Waals surface area contributed by atoms with Crippen molar-refractivity contribution < 1.29 is 112 Å². The zero-order valence-corrected chi connectivity index (χ0v) is 64.6. The molecule has 6 heterocycles. The third kappa shape index (κ3) is 24.4. The van der Waals surface area contributed by atoms with Gasteiger partial charge in [0.2, 0.25) is 36.3 Å². The van der Waals surface area contributed by atoms with Crippen LogP contribution < -0.4 is 83.4 Å². The first-order valence-corrected chi connectivity index (χ1v) is 38.6. The fourth-order valence-electron chi connectivity index (χ4n) is 12.9. The van der Waals surface area contributed by atoms with E-state index in [1.807, 2.05) is 66.7 Å². The maximum atomic E-state index is 13.5. The number of rotatable bonds is 20. The third-order valence-electron chi connectivity index (χ3n) is 18.9. The molecule has 0 atom stereocenters. The maximum Gasteiger partial charge on any atom is 0.416 e. The number of carbonyl (C=O) groups excluding carboxylic acids is 5. The van der Waals surface area contributed by atoms with Gasteiger partial charge in [0.15, 0.2) is 80.6 Å². The summed E-state index contributed by atoms with van der Waals surface area (Å²) in [4.78, 5) is 60.4. The summed E-state index contributed by atoms with van der Waals surface area (Å²) in [5, 5.41) is 16.4. The van der Waals surface area contributed by atoms with Crippen molar-refractivity contribution >= 4 is 68.7 Å². The minimum Gasteiger partial charge on any atom is -0.486 e. The van der Waals surface area contributed by atoms with Gasteiger partial charge in [-0.25, -0.2) is 17.6 Å². The van der Waals surface area contributed by atoms with Crippen LogP contribution in [0.4, 0.5) is 59.2 Å². The Kier molecular flexibility index (Phi) is 28.6. The van der Waals surface area contributed by atoms with Crippen molar-refractivity contribution in [1.29, 1.82) is 0 Å². The molecule has 6 aliphatic rings. The average Bonchev–Trinajstić information content (AvgIpc) is 1.56. The molecular formula is C91H82F7N5O17. The Labute approximate surface area is 685 Å². The highest BCUT2D eigenvalue weighted by Gasteiger charge is 2.31. The highest BCUT2D eigenvalue weighted by atomic mass is 19.4. The van der Waals surface area contributed by atoms with Crippen molar-refractivity contribution in [3.63, 3.8) is 0 Å². The fraction of sp³-hybridized carbons (Fsp3) is 0.242. The molecule has 0 saturated carbocycles. The van der Waals surface area contributed by atoms with E-state index in [1.165, 1.54) is 40.6 Å². The van der Waals surface area contributed by atoms with Crippen molar-refractivity contribution in [3.05, 3.63) is 269 Å². The first kappa shape index (κ1) is 84.1. The molecule has 17 rings (SSSR count). The van der Waals surface area contributed by atoms with Gasteiger partial charge in [-0.05, 0) is 168 Å². The van der Waals surface area contributed by atoms with E-state index in [1.54, 1.807) is 66.7 Å². The summed E-state index contributed by atoms with van der Waals surface area (Å²) < 4.78 is 156. The third-order valence-corrected chi connectivity index (χ3v) is 18.9. The fourth-order valence-corrected chi connectivity index (χ4v) is 12.9. The predicted molar refractivity (Wildman–Crippen MR) is 433 cm³/mol. The second kappa shape index (κ2) is 40.8. The van der Waals surface area contributed by atoms with Crippen LogP contribution in [0.5, 0.6) is 69.0 Å². The van der Waals surface area contributed by atoms with Gasteiger partial charge >= 0.3 is 6.18 Å². The number of amides is 5. The van der Waals surface area contributed by atoms with Gasteiger partial charge in [0.05, 0.1) is 5.56 Å². The molecule has 0 aliphatic carbocycles. The van der Waals surface area contributed by atoms with E-state index in [-0.39, 0.29) is 68.4 Å². The van der Waals surface area contributed by atoms with Gasteiger partial charge in [0.25, 0.3) is 0 Å². The van der Waals surface area contributed by atoms with Crippen LogP contribution in [0, 0.1) is 23.3 Å². The summed E-state index contributed by atoms with van der Waals surface area (Å²) >= 11 is 0. The monoisotopic (exact) mass is 1650 g/mol. The molecule has 120 heavy (non-hydrogen) atoms. The first-order chi connectivity index (χ1) is 58.2. The topological polar surface area (TPSA) is 256 Å². The van der Waals surface area contributed by atoms with Crippen LogP contribution in [0.25, 0.3) is 10.8 Å². The lowest BCUT2D eigenvalue weighted by Crippen LogP contribution is -2.16. The molecule has 29 heteroatoms. The second-order valence-corrected chi connectivity index (χ2v) is 27.5. The molecule has 0 fully saturated rings. The van der Waals surface area contributed by atoms with Crippen LogP contribution in [0.15, 0.2) is 212 Å². The van der Waals surface area contributed by atoms with Crippen LogP contribution in [0.3, 0.4) is 0 Å². The zero-order chi connectivity index (χ0) is 83.7. The number of hydrogen-bond donors (Lipinski definition) is 5. The summed E-state index contributed by atoms with van der Waals surface area (Å²) in [5.74, 6) is 4.00. The summed E-state index contributed by atoms with van der Waals surface area (Å²) in [6.07, 6.45) is -1.15. The molecule has 0 bridgehead atoms. The average molecular weight is 1650 g/mol. The number of carbonyl (C=O) groups is 5. The standard InChI is InChI=1S/C21H19NO3.C18H16F3NO3.C18H17NO5.2C17H15F2NO3/c23-21(22-17-9-10-19-20(14-17)25-13-12-24-19)11-8-16-6-3-5-15-4-1-2-7-18(15)16;19-18(20,21)13-3-1-2-12(10-13)4-7-17(23)22-14-5-6-15-16(11-14)25-9-8-24-15;20-18(6-2-12-1-4-15-16(9-12)24-11-23-15)19-13-3-5-14-17(10-13)22-8-7-21-14;18-13-4-1-11(9-14(13)19)2-6-17(21)20-12-3-5-15-16(10-12)23-8-7-22-15;18-12-3-1-11(14(19)9-12)2-6-17(21)20-13-4-5-15-16(10-13)23-8-7-22-15/h1-7,9-10,14H,8,11-13H2,(H,22,23);1-3,5-6,10-11H,4,7-9H2,(H,22,23);1,3-5,9-10H,2,6-8,11H2,(H,19,20);2*1,3-5,9-10H,2,6-8H2,(H,20,21). The van der Waals surface area contributed by atoms with Crippen LogP contribution >= 0.6 is 0 Å². The van der Waals surface area contributed by atoms with Crippen molar-refractivity contribution in [2.75, 3.05) is 99.4 Å². The number of alkyl halides is 3. The zero-order valence-electron chi connectivity index (χ0n) is 64.6. The number of aryl methyl sites for hydroxylation is 5. The van der Waals surface area contributed by atoms with Gasteiger partial charge < -0.3 is 83.4 Å². The lowest BCUT2D eigenvalue weighted by atomic mass is 10.0. The van der Waals surface area contributed by atoms with Crippen molar-refractivity contribution in [3.8, 4) is 69.0 Å². The summed E-state index contributed by atoms with van der Waals surface area (Å²) in [5.41, 5.74) is 6.03. The molecule has 0 radical (unpaired) electrons. The molecule has 5 N–H and O–H groups in total. The molecule has 0 spiro atoms. The van der Waals surface area contributed by atoms with Crippen LogP contribution in [-0.4, -0.2) is 102 Å². The van der Waals surface area contributed by atoms with Crippen LogP contribution in [-0.2, 0) is 62.3 Å². The number of benzene rings is 11. The molecule has 11 aromatic carbocycles. The lowest BCUT2D eigenvalue weighted by Gasteiger charge is -2.19. The number of anilines is 5. The van der Waals surface area contributed by atoms with Gasteiger partial charge in [-0.2, -0.15) is 13.2 Å². The van der Waals surface area contributed by atoms with E-state index in [4.69, 9.17) is 56.8 Å². The van der Waals surface area contributed by atoms with Gasteiger partial charge in [-0.3, -0.25) is 24.0 Å². The van der Waals surface area contributed by atoms with E-state index < -0.39 is 35.0 Å². The Balaban J connectivity index is 0.000000130. The Morgan fingerprint density at radius 2 is 0.617 bits per heavy atom. The van der Waals surface area contributed by atoms with E-state index in [2.05, 4.69) is 50.8 Å². The van der Waals surface area contributed by atoms with Gasteiger partial charge in [-0.15, -0.1) is 0 Å². The molecule has 0 aromatic heterocycles. The SMILES string of the molecule is O=C(CCc1ccc(F)c(F)c1)Nc1ccc2c(c1)OCCO2.O=C(CCc1ccc(F)cc1F)Nc1ccc2c(c1)OCCO2.O=C(CCc1ccc2c(c1)OCO2)Nc1ccc2c(c1)OCCO2.O=C(CCc1cccc(C(F)(F)F)c1)Nc1ccc2c(c1)OCCO2.O=C(CCc1cccc2ccccc12)Nc1ccc2c(c1)OCCO2. The van der Waals surface area contributed by atoms with Crippen LogP contribution in [0.2, 0.25) is 0 Å². The second-order valence-electron chi connectivity index (χ2n) is 27.5. The van der Waals surface area contributed by atoms with Gasteiger partial charge in [0.1, 0.15) is 77.7 Å². The molecule has 0 unspecified atom stereocenters. The number of hydrogen-bond acceptors (Lipinski definition) is 17. The minimum atomic E-state index is -4.39. The summed E-state index contributed by atoms with van der Waals surface area (Å²) in [6, 6.07) is 58.4. The largest absolute Gasteiger partial charge is 0.486 e. The van der Waals surface area contributed by atoms with Crippen LogP contribution in [0.1, 0.15) is 65.5 Å². The predicted octanol–water partition coefficient (Wildman–Crippen LogP) is 17.6. The highest BCUT2D eigenvalue weighted by Crippen LogP contribution is 2.39. The first-order valence-electron chi connectivity index (χ1n) is 38.6. The van der Waals surface area contributed by atoms with Crippen molar-refractivity contribution in [2.45, 2.75) is 70.4 Å². The quantitative estimate of drug-likeness (QED) is 0.0445. The Morgan fingerprint density at radius 3 is 1.04 bits per heavy atom. The molecular weight excluding hydrogens is 1570 g/mol. The molecule has 622 valence electrons. The Morgan fingerprint density at radius 1 is 0.275 bits per heavy atom. The van der Waals surface area contributed by atoms with Gasteiger partial charge in [-0.1, -0.05) is 78.9 Å². The van der Waals surface area contributed by atoms with E-state index in [9.17, 15) is 54.7 Å². The highest BCUT2D eigenvalue weighted by molar-refractivity contribution is 5.94. The van der Waals surface area contributed by atoms with E-state index in [0.717, 1.165) is 58.8 Å². The van der Waals surface area contributed by atoms with Crippen molar-refractivity contribution in [1.82, 2.24) is 0 Å². The molecule has 11 aromatic rings. The maximum absolute atomic E-state index is 13.5. The number of halogens is 7. The number of nitrogens with one attached hydrogen (secondary N) is 5. The number of ether oxygens (including phenoxy) is 12. The minimum absolute atomic E-state index is 0.00962. The van der Waals surface area contributed by atoms with Crippen molar-refractivity contribution in [2.24, 2.45) is 0 Å². The molecule has 22 nitrogen and oxygen atoms in total. The molecule has 0 saturated heterocycles. The van der Waals surface area contributed by atoms with Gasteiger partial charge in [0, 0.05) is 96.9 Å². The van der Waals surface area contributed by atoms with E-state index >= 15 is 0 Å². The molecule has 5 amide bonds. The smallest absolute Gasteiger partial charge is 0.416 e. The Hall–Kier alpha value is -13.9. The summed E-state index contributed by atoms with van der Waals surface area (Å²) in [6.45, 7) is 5.29. The van der Waals surface area contributed by atoms with E-state index in [0.29, 0.717) is 189 Å².